The number of nitrogens with zero attached hydrogens (tertiary/aromatic N) is 1. The maximum atomic E-state index is 12.5. The summed E-state index contributed by atoms with van der Waals surface area (Å²) in [7, 11) is 0. The van der Waals surface area contributed by atoms with Gasteiger partial charge in [0.15, 0.2) is 11.5 Å². The number of amides is 1. The smallest absolute Gasteiger partial charge is 0.387 e. The first kappa shape index (κ1) is 18.1. The van der Waals surface area contributed by atoms with Crippen LogP contribution in [0.4, 0.5) is 14.5 Å². The normalized spacial score (nSPS) is 11.0. The second kappa shape index (κ2) is 7.65. The molecular weight excluding hydrogens is 362 g/mol. The van der Waals surface area contributed by atoms with Crippen LogP contribution in [0.5, 0.6) is 11.5 Å². The van der Waals surface area contributed by atoms with Crippen LogP contribution in [0.1, 0.15) is 22.3 Å². The highest BCUT2D eigenvalue weighted by Gasteiger charge is 2.15. The van der Waals surface area contributed by atoms with Gasteiger partial charge in [0, 0.05) is 11.3 Å². The molecule has 0 saturated carbocycles. The Hall–Kier alpha value is -2.74. The molecule has 0 radical (unpaired) electrons. The standard InChI is InChI=1S/C18H16F2N2O3S/c1-3-24-15-8-11(4-7-14(15)25-18(19)20)17(23)22-12-5-6-13-16(9-12)26-10(2)21-13/h4-9,18H,3H2,1-2H3,(H,22,23). The van der Waals surface area contributed by atoms with Crippen LogP contribution in [0.2, 0.25) is 0 Å². The predicted molar refractivity (Wildman–Crippen MR) is 96.6 cm³/mol. The average molecular weight is 378 g/mol. The molecule has 0 aliphatic rings. The van der Waals surface area contributed by atoms with Crippen molar-refractivity contribution in [1.82, 2.24) is 4.98 Å². The van der Waals surface area contributed by atoms with Crippen molar-refractivity contribution >= 4 is 33.1 Å². The number of carbonyl (C=O) groups is 1. The molecule has 0 spiro atoms. The van der Waals surface area contributed by atoms with E-state index in [2.05, 4.69) is 15.0 Å². The van der Waals surface area contributed by atoms with Crippen molar-refractivity contribution in [3.05, 3.63) is 47.0 Å². The first-order chi connectivity index (χ1) is 12.5. The molecule has 136 valence electrons. The van der Waals surface area contributed by atoms with Crippen molar-refractivity contribution in [2.24, 2.45) is 0 Å². The largest absolute Gasteiger partial charge is 0.490 e. The van der Waals surface area contributed by atoms with E-state index in [1.165, 1.54) is 29.5 Å². The number of nitrogens with one attached hydrogen (secondary N) is 1. The third kappa shape index (κ3) is 4.08. The molecule has 0 unspecified atom stereocenters. The molecular formula is C18H16F2N2O3S. The van der Waals surface area contributed by atoms with Gasteiger partial charge in [-0.05, 0) is 50.2 Å². The Balaban J connectivity index is 1.82. The van der Waals surface area contributed by atoms with E-state index in [0.29, 0.717) is 5.69 Å². The number of rotatable bonds is 6. The lowest BCUT2D eigenvalue weighted by Crippen LogP contribution is -2.12. The number of hydrogen-bond donors (Lipinski definition) is 1. The molecule has 5 nitrogen and oxygen atoms in total. The summed E-state index contributed by atoms with van der Waals surface area (Å²) in [6.07, 6.45) is 0. The summed E-state index contributed by atoms with van der Waals surface area (Å²) >= 11 is 1.54. The first-order valence-electron chi connectivity index (χ1n) is 7.86. The van der Waals surface area contributed by atoms with Crippen LogP contribution in [0.3, 0.4) is 0 Å². The molecule has 3 rings (SSSR count). The molecule has 0 aliphatic carbocycles. The van der Waals surface area contributed by atoms with Gasteiger partial charge < -0.3 is 14.8 Å². The number of thiazole rings is 1. The first-order valence-corrected chi connectivity index (χ1v) is 8.68. The van der Waals surface area contributed by atoms with Gasteiger partial charge in [-0.2, -0.15) is 8.78 Å². The minimum atomic E-state index is -2.97. The van der Waals surface area contributed by atoms with Crippen LogP contribution in [0, 0.1) is 6.92 Å². The summed E-state index contributed by atoms with van der Waals surface area (Å²) in [5.41, 5.74) is 1.77. The van der Waals surface area contributed by atoms with Gasteiger partial charge in [-0.1, -0.05) is 0 Å². The van der Waals surface area contributed by atoms with Gasteiger partial charge in [0.2, 0.25) is 0 Å². The third-order valence-corrected chi connectivity index (χ3v) is 4.41. The van der Waals surface area contributed by atoms with E-state index in [-0.39, 0.29) is 29.6 Å². The van der Waals surface area contributed by atoms with E-state index in [4.69, 9.17) is 4.74 Å². The molecule has 8 heteroatoms. The van der Waals surface area contributed by atoms with Crippen molar-refractivity contribution in [2.45, 2.75) is 20.5 Å². The third-order valence-electron chi connectivity index (χ3n) is 3.48. The number of ether oxygens (including phenoxy) is 2. The Bertz CT molecular complexity index is 943. The number of halogens is 2. The van der Waals surface area contributed by atoms with E-state index in [9.17, 15) is 13.6 Å². The lowest BCUT2D eigenvalue weighted by Gasteiger charge is -2.13. The predicted octanol–water partition coefficient (Wildman–Crippen LogP) is 4.86. The molecule has 0 saturated heterocycles. The number of alkyl halides is 2. The number of benzene rings is 2. The maximum Gasteiger partial charge on any atom is 0.387 e. The summed E-state index contributed by atoms with van der Waals surface area (Å²) < 4.78 is 35.6. The zero-order chi connectivity index (χ0) is 18.7. The molecule has 0 fully saturated rings. The summed E-state index contributed by atoms with van der Waals surface area (Å²) in [6.45, 7) is 0.918. The lowest BCUT2D eigenvalue weighted by molar-refractivity contribution is -0.0514. The number of aromatic nitrogens is 1. The van der Waals surface area contributed by atoms with Crippen molar-refractivity contribution in [3.63, 3.8) is 0 Å². The lowest BCUT2D eigenvalue weighted by atomic mass is 10.1. The molecule has 0 atom stereocenters. The van der Waals surface area contributed by atoms with Gasteiger partial charge >= 0.3 is 6.61 Å². The van der Waals surface area contributed by atoms with Crippen molar-refractivity contribution in [2.75, 3.05) is 11.9 Å². The zero-order valence-corrected chi connectivity index (χ0v) is 14.9. The minimum Gasteiger partial charge on any atom is -0.490 e. The highest BCUT2D eigenvalue weighted by atomic mass is 32.1. The van der Waals surface area contributed by atoms with Gasteiger partial charge in [0.05, 0.1) is 21.8 Å². The fourth-order valence-corrected chi connectivity index (χ4v) is 3.30. The Morgan fingerprint density at radius 2 is 2.04 bits per heavy atom. The van der Waals surface area contributed by atoms with E-state index in [0.717, 1.165) is 15.2 Å². The molecule has 1 amide bonds. The molecule has 1 N–H and O–H groups in total. The molecule has 1 aromatic heterocycles. The van der Waals surface area contributed by atoms with E-state index >= 15 is 0 Å². The Morgan fingerprint density at radius 3 is 2.77 bits per heavy atom. The molecule has 1 heterocycles. The molecule has 2 aromatic carbocycles. The fraction of sp³-hybridized carbons (Fsp3) is 0.222. The van der Waals surface area contributed by atoms with E-state index in [1.54, 1.807) is 13.0 Å². The summed E-state index contributed by atoms with van der Waals surface area (Å²) in [5.74, 6) is -0.399. The minimum absolute atomic E-state index is 0.0917. The monoisotopic (exact) mass is 378 g/mol. The number of fused-ring (bicyclic) bond motifs is 1. The highest BCUT2D eigenvalue weighted by Crippen LogP contribution is 2.30. The van der Waals surface area contributed by atoms with Crippen LogP contribution in [-0.2, 0) is 0 Å². The van der Waals surface area contributed by atoms with Crippen LogP contribution < -0.4 is 14.8 Å². The summed E-state index contributed by atoms with van der Waals surface area (Å²) in [5, 5.41) is 3.73. The van der Waals surface area contributed by atoms with Crippen molar-refractivity contribution in [1.29, 1.82) is 0 Å². The van der Waals surface area contributed by atoms with Gasteiger partial charge in [-0.15, -0.1) is 11.3 Å². The second-order valence-corrected chi connectivity index (χ2v) is 6.58. The van der Waals surface area contributed by atoms with Gasteiger partial charge in [0.25, 0.3) is 5.91 Å². The fourth-order valence-electron chi connectivity index (χ4n) is 2.43. The van der Waals surface area contributed by atoms with Gasteiger partial charge in [-0.25, -0.2) is 4.98 Å². The SMILES string of the molecule is CCOc1cc(C(=O)Nc2ccc3nc(C)sc3c2)ccc1OC(F)F. The van der Waals surface area contributed by atoms with Gasteiger partial charge in [-0.3, -0.25) is 4.79 Å². The Labute approximate surface area is 152 Å². The number of carbonyl (C=O) groups excluding carboxylic acids is 1. The van der Waals surface area contributed by atoms with Crippen LogP contribution >= 0.6 is 11.3 Å². The Morgan fingerprint density at radius 1 is 1.23 bits per heavy atom. The quantitative estimate of drug-likeness (QED) is 0.666. The molecule has 0 aliphatic heterocycles. The number of aryl methyl sites for hydroxylation is 1. The summed E-state index contributed by atoms with van der Waals surface area (Å²) in [4.78, 5) is 16.8. The molecule has 26 heavy (non-hydrogen) atoms. The number of hydrogen-bond acceptors (Lipinski definition) is 5. The Kier molecular flexibility index (Phi) is 5.32. The molecule has 0 bridgehead atoms. The van der Waals surface area contributed by atoms with E-state index < -0.39 is 6.61 Å². The summed E-state index contributed by atoms with van der Waals surface area (Å²) in [6, 6.07) is 9.52. The topological polar surface area (TPSA) is 60.5 Å². The second-order valence-electron chi connectivity index (χ2n) is 5.34. The highest BCUT2D eigenvalue weighted by molar-refractivity contribution is 7.18. The van der Waals surface area contributed by atoms with Gasteiger partial charge in [0.1, 0.15) is 0 Å². The van der Waals surface area contributed by atoms with E-state index in [1.807, 2.05) is 19.1 Å². The van der Waals surface area contributed by atoms with Crippen LogP contribution in [0.25, 0.3) is 10.2 Å². The van der Waals surface area contributed by atoms with Crippen molar-refractivity contribution < 1.29 is 23.0 Å². The zero-order valence-electron chi connectivity index (χ0n) is 14.1. The average Bonchev–Trinajstić information content (AvgIpc) is 2.95. The number of anilines is 1. The van der Waals surface area contributed by atoms with Crippen molar-refractivity contribution in [3.8, 4) is 11.5 Å². The van der Waals surface area contributed by atoms with Crippen LogP contribution in [-0.4, -0.2) is 24.1 Å². The maximum absolute atomic E-state index is 12.5. The molecule has 3 aromatic rings. The van der Waals surface area contributed by atoms with Crippen LogP contribution in [0.15, 0.2) is 36.4 Å².